The molecule has 0 bridgehead atoms. The molecule has 108 valence electrons. The molecule has 2 rings (SSSR count). The summed E-state index contributed by atoms with van der Waals surface area (Å²) in [5.74, 6) is 0.892. The number of carbonyl (C=O) groups is 1. The number of anilines is 1. The molecule has 2 heterocycles. The van der Waals surface area contributed by atoms with E-state index in [-0.39, 0.29) is 12.3 Å². The molecule has 0 spiro atoms. The van der Waals surface area contributed by atoms with Crippen molar-refractivity contribution in [2.45, 2.75) is 39.3 Å². The predicted octanol–water partition coefficient (Wildman–Crippen LogP) is 0.797. The number of nitrogens with one attached hydrogen (secondary N) is 1. The van der Waals surface area contributed by atoms with Crippen molar-refractivity contribution in [3.05, 3.63) is 23.7 Å². The summed E-state index contributed by atoms with van der Waals surface area (Å²) in [5, 5.41) is 14.2. The largest absolute Gasteiger partial charge is 0.360 e. The summed E-state index contributed by atoms with van der Waals surface area (Å²) in [4.78, 5) is 11.7. The van der Waals surface area contributed by atoms with Crippen molar-refractivity contribution in [3.8, 4) is 0 Å². The lowest BCUT2D eigenvalue weighted by Gasteiger charge is -2.13. The van der Waals surface area contributed by atoms with Gasteiger partial charge in [-0.1, -0.05) is 10.4 Å². The van der Waals surface area contributed by atoms with Crippen molar-refractivity contribution in [3.63, 3.8) is 0 Å². The highest BCUT2D eigenvalue weighted by atomic mass is 16.5. The van der Waals surface area contributed by atoms with E-state index >= 15 is 0 Å². The predicted molar refractivity (Wildman–Crippen MR) is 71.7 cm³/mol. The zero-order valence-corrected chi connectivity index (χ0v) is 11.8. The van der Waals surface area contributed by atoms with Crippen LogP contribution in [0.15, 0.2) is 16.8 Å². The summed E-state index contributed by atoms with van der Waals surface area (Å²) in [6.45, 7) is 5.88. The van der Waals surface area contributed by atoms with Crippen molar-refractivity contribution in [1.82, 2.24) is 20.2 Å². The molecule has 1 amide bonds. The van der Waals surface area contributed by atoms with Crippen molar-refractivity contribution in [2.24, 2.45) is 5.73 Å². The topological polar surface area (TPSA) is 112 Å². The molecular weight excluding hydrogens is 260 g/mol. The number of carbonyl (C=O) groups excluding carboxylic acids is 1. The minimum Gasteiger partial charge on any atom is -0.360 e. The molecule has 0 aliphatic rings. The molecule has 20 heavy (non-hydrogen) atoms. The maximum atomic E-state index is 11.7. The third-order valence-electron chi connectivity index (χ3n) is 2.66. The van der Waals surface area contributed by atoms with E-state index in [4.69, 9.17) is 10.3 Å². The van der Waals surface area contributed by atoms with Crippen LogP contribution in [0.3, 0.4) is 0 Å². The van der Waals surface area contributed by atoms with Gasteiger partial charge in [0, 0.05) is 12.5 Å². The van der Waals surface area contributed by atoms with Gasteiger partial charge in [-0.15, -0.1) is 5.10 Å². The van der Waals surface area contributed by atoms with Gasteiger partial charge in [0.05, 0.1) is 18.3 Å². The lowest BCUT2D eigenvalue weighted by molar-refractivity contribution is -0.116. The molecule has 0 unspecified atom stereocenters. The highest BCUT2D eigenvalue weighted by Gasteiger charge is 2.18. The monoisotopic (exact) mass is 278 g/mol. The molecule has 8 heteroatoms. The molecule has 0 saturated carbocycles. The van der Waals surface area contributed by atoms with Crippen LogP contribution in [-0.2, 0) is 16.9 Å². The molecule has 0 saturated heterocycles. The van der Waals surface area contributed by atoms with Gasteiger partial charge in [0.1, 0.15) is 11.5 Å². The van der Waals surface area contributed by atoms with E-state index in [0.29, 0.717) is 23.8 Å². The second-order valence-electron chi connectivity index (χ2n) is 5.21. The Labute approximate surface area is 116 Å². The van der Waals surface area contributed by atoms with Crippen LogP contribution in [0, 0.1) is 6.92 Å². The van der Waals surface area contributed by atoms with Crippen molar-refractivity contribution < 1.29 is 9.32 Å². The number of rotatable bonds is 5. The van der Waals surface area contributed by atoms with Gasteiger partial charge in [-0.05, 0) is 20.8 Å². The van der Waals surface area contributed by atoms with E-state index in [1.165, 1.54) is 0 Å². The second-order valence-corrected chi connectivity index (χ2v) is 5.21. The molecule has 0 radical (unpaired) electrons. The summed E-state index contributed by atoms with van der Waals surface area (Å²) < 4.78 is 6.46. The summed E-state index contributed by atoms with van der Waals surface area (Å²) >= 11 is 0. The Kier molecular flexibility index (Phi) is 3.84. The number of nitrogens with zero attached hydrogens (tertiary/aromatic N) is 4. The fourth-order valence-corrected chi connectivity index (χ4v) is 1.55. The van der Waals surface area contributed by atoms with Gasteiger partial charge in [0.15, 0.2) is 5.82 Å². The molecule has 0 aromatic carbocycles. The van der Waals surface area contributed by atoms with Gasteiger partial charge >= 0.3 is 0 Å². The summed E-state index contributed by atoms with van der Waals surface area (Å²) in [6, 6.07) is 1.66. The van der Waals surface area contributed by atoms with Gasteiger partial charge in [0.25, 0.3) is 0 Å². The SMILES string of the molecule is Cc1cc(NC(=O)CCn2cc(C(C)(C)N)nn2)no1. The number of nitrogens with two attached hydrogens (primary N) is 1. The molecular formula is C12H18N6O2. The third-order valence-corrected chi connectivity index (χ3v) is 2.66. The molecule has 0 atom stereocenters. The Morgan fingerprint density at radius 2 is 2.30 bits per heavy atom. The lowest BCUT2D eigenvalue weighted by Crippen LogP contribution is -2.29. The van der Waals surface area contributed by atoms with Crippen LogP contribution >= 0.6 is 0 Å². The molecule has 0 aliphatic carbocycles. The highest BCUT2D eigenvalue weighted by Crippen LogP contribution is 2.12. The number of aryl methyl sites for hydroxylation is 2. The minimum atomic E-state index is -0.543. The zero-order valence-electron chi connectivity index (χ0n) is 11.8. The van der Waals surface area contributed by atoms with E-state index < -0.39 is 5.54 Å². The number of amides is 1. The molecule has 8 nitrogen and oxygen atoms in total. The average Bonchev–Trinajstić information content (AvgIpc) is 2.95. The Hall–Kier alpha value is -2.22. The van der Waals surface area contributed by atoms with E-state index in [1.807, 2.05) is 13.8 Å². The minimum absolute atomic E-state index is 0.164. The fourth-order valence-electron chi connectivity index (χ4n) is 1.55. The lowest BCUT2D eigenvalue weighted by atomic mass is 10.0. The van der Waals surface area contributed by atoms with Crippen LogP contribution in [0.1, 0.15) is 31.7 Å². The quantitative estimate of drug-likeness (QED) is 0.836. The normalized spacial score (nSPS) is 11.6. The summed E-state index contributed by atoms with van der Waals surface area (Å²) in [6.07, 6.45) is 2.01. The van der Waals surface area contributed by atoms with Crippen molar-refractivity contribution in [2.75, 3.05) is 5.32 Å². The van der Waals surface area contributed by atoms with E-state index in [9.17, 15) is 4.79 Å². The molecule has 2 aromatic rings. The van der Waals surface area contributed by atoms with E-state index in [2.05, 4.69) is 20.8 Å². The van der Waals surface area contributed by atoms with Gasteiger partial charge in [-0.25, -0.2) is 0 Å². The second kappa shape index (κ2) is 5.41. The van der Waals surface area contributed by atoms with Crippen LogP contribution in [0.4, 0.5) is 5.82 Å². The Morgan fingerprint density at radius 1 is 1.55 bits per heavy atom. The van der Waals surface area contributed by atoms with E-state index in [0.717, 1.165) is 0 Å². The molecule has 0 fully saturated rings. The number of hydrogen-bond acceptors (Lipinski definition) is 6. The highest BCUT2D eigenvalue weighted by molar-refractivity contribution is 5.89. The van der Waals surface area contributed by atoms with Crippen molar-refractivity contribution >= 4 is 11.7 Å². The van der Waals surface area contributed by atoms with Gasteiger partial charge in [-0.3, -0.25) is 9.48 Å². The number of hydrogen-bond donors (Lipinski definition) is 2. The first-order chi connectivity index (χ1) is 9.34. The van der Waals surface area contributed by atoms with Gasteiger partial charge in [0.2, 0.25) is 5.91 Å². The van der Waals surface area contributed by atoms with Gasteiger partial charge in [-0.2, -0.15) is 0 Å². The van der Waals surface area contributed by atoms with Crippen LogP contribution in [-0.4, -0.2) is 26.1 Å². The van der Waals surface area contributed by atoms with E-state index in [1.54, 1.807) is 23.9 Å². The molecule has 0 aliphatic heterocycles. The summed E-state index contributed by atoms with van der Waals surface area (Å²) in [7, 11) is 0. The Morgan fingerprint density at radius 3 is 2.85 bits per heavy atom. The third kappa shape index (κ3) is 3.64. The molecule has 2 aromatic heterocycles. The smallest absolute Gasteiger partial charge is 0.227 e. The average molecular weight is 278 g/mol. The first-order valence-corrected chi connectivity index (χ1v) is 6.27. The standard InChI is InChI=1S/C12H18N6O2/c1-8-6-10(16-20-8)14-11(19)4-5-18-7-9(15-17-18)12(2,3)13/h6-7H,4-5,13H2,1-3H3,(H,14,16,19). The Bertz CT molecular complexity index is 595. The van der Waals surface area contributed by atoms with Gasteiger partial charge < -0.3 is 15.6 Å². The first-order valence-electron chi connectivity index (χ1n) is 6.27. The number of aromatic nitrogens is 4. The van der Waals surface area contributed by atoms with Crippen LogP contribution in [0.25, 0.3) is 0 Å². The van der Waals surface area contributed by atoms with Crippen LogP contribution in [0.5, 0.6) is 0 Å². The fraction of sp³-hybridized carbons (Fsp3) is 0.500. The van der Waals surface area contributed by atoms with Crippen LogP contribution < -0.4 is 11.1 Å². The Balaban J connectivity index is 1.86. The zero-order chi connectivity index (χ0) is 14.8. The maximum Gasteiger partial charge on any atom is 0.227 e. The van der Waals surface area contributed by atoms with Crippen molar-refractivity contribution in [1.29, 1.82) is 0 Å². The van der Waals surface area contributed by atoms with Crippen LogP contribution in [0.2, 0.25) is 0 Å². The molecule has 3 N–H and O–H groups in total. The first kappa shape index (κ1) is 14.2. The maximum absolute atomic E-state index is 11.7. The summed E-state index contributed by atoms with van der Waals surface area (Å²) in [5.41, 5.74) is 6.06.